The normalized spacial score (nSPS) is 13.9. The second-order valence-corrected chi connectivity index (χ2v) is 6.10. The van der Waals surface area contributed by atoms with Crippen LogP contribution in [0.25, 0.3) is 11.0 Å². The van der Waals surface area contributed by atoms with Gasteiger partial charge in [-0.3, -0.25) is 4.68 Å². The fourth-order valence-corrected chi connectivity index (χ4v) is 3.09. The van der Waals surface area contributed by atoms with Crippen molar-refractivity contribution in [1.82, 2.24) is 19.7 Å². The van der Waals surface area contributed by atoms with Crippen LogP contribution in [-0.4, -0.2) is 19.7 Å². The highest BCUT2D eigenvalue weighted by molar-refractivity contribution is 9.10. The molecule has 0 radical (unpaired) electrons. The minimum Gasteiger partial charge on any atom is -0.383 e. The largest absolute Gasteiger partial charge is 0.383 e. The lowest BCUT2D eigenvalue weighted by atomic mass is 10.1. The fraction of sp³-hybridized carbons (Fsp3) is 0.214. The van der Waals surface area contributed by atoms with Gasteiger partial charge in [0.1, 0.15) is 5.82 Å². The predicted octanol–water partition coefficient (Wildman–Crippen LogP) is 2.23. The average molecular weight is 345 g/mol. The molecule has 4 rings (SSSR count). The molecule has 2 aromatic heterocycles. The molecule has 6 nitrogen and oxygen atoms in total. The summed E-state index contributed by atoms with van der Waals surface area (Å²) < 4.78 is 2.81. The monoisotopic (exact) mass is 344 g/mol. The molecule has 2 N–H and O–H groups in total. The lowest BCUT2D eigenvalue weighted by molar-refractivity contribution is 0.777. The number of hydrogen-bond donors (Lipinski definition) is 1. The summed E-state index contributed by atoms with van der Waals surface area (Å²) in [6.45, 7) is 1.59. The van der Waals surface area contributed by atoms with Crippen molar-refractivity contribution in [2.24, 2.45) is 7.05 Å². The van der Waals surface area contributed by atoms with Crippen molar-refractivity contribution in [3.63, 3.8) is 0 Å². The SMILES string of the molecule is Cn1ncc2c(N)nc(N3Cc4ccc(Br)cc4C3)nc21. The molecule has 0 bridgehead atoms. The van der Waals surface area contributed by atoms with E-state index in [4.69, 9.17) is 5.73 Å². The smallest absolute Gasteiger partial charge is 0.229 e. The molecule has 0 atom stereocenters. The van der Waals surface area contributed by atoms with Crippen molar-refractivity contribution < 1.29 is 0 Å². The van der Waals surface area contributed by atoms with E-state index in [1.807, 2.05) is 7.05 Å². The maximum atomic E-state index is 6.03. The van der Waals surface area contributed by atoms with Crippen LogP contribution in [0.4, 0.5) is 11.8 Å². The minimum atomic E-state index is 0.472. The van der Waals surface area contributed by atoms with Crippen molar-refractivity contribution in [1.29, 1.82) is 0 Å². The van der Waals surface area contributed by atoms with E-state index in [0.717, 1.165) is 28.6 Å². The van der Waals surface area contributed by atoms with E-state index in [1.165, 1.54) is 11.1 Å². The molecule has 1 aromatic carbocycles. The van der Waals surface area contributed by atoms with E-state index in [2.05, 4.69) is 54.1 Å². The van der Waals surface area contributed by atoms with Crippen LogP contribution in [0.1, 0.15) is 11.1 Å². The van der Waals surface area contributed by atoms with E-state index in [-0.39, 0.29) is 0 Å². The third kappa shape index (κ3) is 1.96. The van der Waals surface area contributed by atoms with Gasteiger partial charge in [0.25, 0.3) is 0 Å². The molecule has 7 heteroatoms. The van der Waals surface area contributed by atoms with Gasteiger partial charge in [-0.1, -0.05) is 22.0 Å². The summed E-state index contributed by atoms with van der Waals surface area (Å²) in [6, 6.07) is 6.33. The summed E-state index contributed by atoms with van der Waals surface area (Å²) >= 11 is 3.51. The number of halogens is 1. The van der Waals surface area contributed by atoms with Gasteiger partial charge < -0.3 is 10.6 Å². The highest BCUT2D eigenvalue weighted by Crippen LogP contribution is 2.30. The molecular formula is C14H13BrN6. The Labute approximate surface area is 129 Å². The number of nitrogen functional groups attached to an aromatic ring is 1. The van der Waals surface area contributed by atoms with Gasteiger partial charge in [0.15, 0.2) is 5.65 Å². The molecule has 0 spiro atoms. The van der Waals surface area contributed by atoms with Crippen molar-refractivity contribution >= 4 is 38.7 Å². The first kappa shape index (κ1) is 12.6. The summed E-state index contributed by atoms with van der Waals surface area (Å²) in [5, 5.41) is 4.98. The Bertz CT molecular complexity index is 856. The van der Waals surface area contributed by atoms with Gasteiger partial charge in [-0.05, 0) is 23.3 Å². The number of fused-ring (bicyclic) bond motifs is 2. The van der Waals surface area contributed by atoms with Crippen LogP contribution < -0.4 is 10.6 Å². The molecule has 3 heterocycles. The number of benzene rings is 1. The molecule has 0 fully saturated rings. The standard InChI is InChI=1S/C14H13BrN6/c1-20-13-11(5-17-20)12(16)18-14(19-13)21-6-8-2-3-10(15)4-9(8)7-21/h2-5H,6-7H2,1H3,(H2,16,18,19). The summed E-state index contributed by atoms with van der Waals surface area (Å²) in [6.07, 6.45) is 1.70. The number of hydrogen-bond acceptors (Lipinski definition) is 5. The molecule has 3 aromatic rings. The Morgan fingerprint density at radius 2 is 2.00 bits per heavy atom. The Morgan fingerprint density at radius 3 is 2.86 bits per heavy atom. The number of aryl methyl sites for hydroxylation is 1. The van der Waals surface area contributed by atoms with Gasteiger partial charge in [0, 0.05) is 24.6 Å². The fourth-order valence-electron chi connectivity index (χ4n) is 2.68. The topological polar surface area (TPSA) is 72.9 Å². The van der Waals surface area contributed by atoms with Crippen molar-refractivity contribution in [3.8, 4) is 0 Å². The van der Waals surface area contributed by atoms with E-state index >= 15 is 0 Å². The second kappa shape index (κ2) is 4.42. The van der Waals surface area contributed by atoms with Crippen LogP contribution >= 0.6 is 15.9 Å². The van der Waals surface area contributed by atoms with Gasteiger partial charge in [-0.2, -0.15) is 15.1 Å². The highest BCUT2D eigenvalue weighted by atomic mass is 79.9. The van der Waals surface area contributed by atoms with E-state index in [9.17, 15) is 0 Å². The third-order valence-corrected chi connectivity index (χ3v) is 4.28. The van der Waals surface area contributed by atoms with Gasteiger partial charge in [-0.25, -0.2) is 0 Å². The molecule has 0 aliphatic carbocycles. The molecule has 0 saturated heterocycles. The first-order chi connectivity index (χ1) is 10.1. The van der Waals surface area contributed by atoms with Crippen LogP contribution in [0, 0.1) is 0 Å². The number of nitrogens with zero attached hydrogens (tertiary/aromatic N) is 5. The molecule has 0 saturated carbocycles. The van der Waals surface area contributed by atoms with Crippen molar-refractivity contribution in [2.75, 3.05) is 10.6 Å². The molecule has 1 aliphatic rings. The van der Waals surface area contributed by atoms with Crippen LogP contribution in [0.2, 0.25) is 0 Å². The Kier molecular flexibility index (Phi) is 2.65. The molecular weight excluding hydrogens is 332 g/mol. The number of aromatic nitrogens is 4. The lowest BCUT2D eigenvalue weighted by Crippen LogP contribution is -2.18. The first-order valence-corrected chi connectivity index (χ1v) is 7.38. The lowest BCUT2D eigenvalue weighted by Gasteiger charge is -2.15. The molecule has 21 heavy (non-hydrogen) atoms. The zero-order chi connectivity index (χ0) is 14.6. The Hall–Kier alpha value is -2.15. The quantitative estimate of drug-likeness (QED) is 0.732. The van der Waals surface area contributed by atoms with Gasteiger partial charge in [0.2, 0.25) is 5.95 Å². The van der Waals surface area contributed by atoms with Gasteiger partial charge in [0.05, 0.1) is 11.6 Å². The summed E-state index contributed by atoms with van der Waals surface area (Å²) in [5.41, 5.74) is 9.37. The average Bonchev–Trinajstić information content (AvgIpc) is 3.03. The number of nitrogens with two attached hydrogens (primary N) is 1. The van der Waals surface area contributed by atoms with E-state index in [0.29, 0.717) is 11.8 Å². The first-order valence-electron chi connectivity index (χ1n) is 6.59. The number of rotatable bonds is 1. The maximum Gasteiger partial charge on any atom is 0.229 e. The Morgan fingerprint density at radius 1 is 1.19 bits per heavy atom. The van der Waals surface area contributed by atoms with Gasteiger partial charge >= 0.3 is 0 Å². The predicted molar refractivity (Wildman–Crippen MR) is 84.7 cm³/mol. The zero-order valence-corrected chi connectivity index (χ0v) is 13.0. The van der Waals surface area contributed by atoms with Crippen LogP contribution in [0.3, 0.4) is 0 Å². The molecule has 0 amide bonds. The van der Waals surface area contributed by atoms with Crippen LogP contribution in [-0.2, 0) is 20.1 Å². The zero-order valence-electron chi connectivity index (χ0n) is 11.4. The summed E-state index contributed by atoms with van der Waals surface area (Å²) in [4.78, 5) is 11.2. The van der Waals surface area contributed by atoms with Crippen molar-refractivity contribution in [2.45, 2.75) is 13.1 Å². The maximum absolute atomic E-state index is 6.03. The minimum absolute atomic E-state index is 0.472. The van der Waals surface area contributed by atoms with E-state index in [1.54, 1.807) is 10.9 Å². The second-order valence-electron chi connectivity index (χ2n) is 5.18. The highest BCUT2D eigenvalue weighted by Gasteiger charge is 2.22. The van der Waals surface area contributed by atoms with Crippen LogP contribution in [0.15, 0.2) is 28.9 Å². The molecule has 1 aliphatic heterocycles. The third-order valence-electron chi connectivity index (χ3n) is 3.78. The molecule has 106 valence electrons. The number of anilines is 2. The van der Waals surface area contributed by atoms with E-state index < -0.39 is 0 Å². The van der Waals surface area contributed by atoms with Crippen LogP contribution in [0.5, 0.6) is 0 Å². The summed E-state index contributed by atoms with van der Waals surface area (Å²) in [5.74, 6) is 1.12. The Balaban J connectivity index is 1.77. The van der Waals surface area contributed by atoms with Crippen molar-refractivity contribution in [3.05, 3.63) is 40.0 Å². The molecule has 0 unspecified atom stereocenters. The van der Waals surface area contributed by atoms with Gasteiger partial charge in [-0.15, -0.1) is 0 Å². The summed E-state index contributed by atoms with van der Waals surface area (Å²) in [7, 11) is 1.86.